The van der Waals surface area contributed by atoms with Gasteiger partial charge >= 0.3 is 11.9 Å². The van der Waals surface area contributed by atoms with Crippen LogP contribution < -0.4 is 9.47 Å². The Kier molecular flexibility index (Phi) is 11.2. The van der Waals surface area contributed by atoms with Crippen molar-refractivity contribution in [2.75, 3.05) is 5.88 Å². The van der Waals surface area contributed by atoms with Crippen LogP contribution in [0.2, 0.25) is 0 Å². The second kappa shape index (κ2) is 13.9. The van der Waals surface area contributed by atoms with E-state index < -0.39 is 0 Å². The third-order valence-electron chi connectivity index (χ3n) is 5.11. The van der Waals surface area contributed by atoms with Crippen molar-refractivity contribution in [2.24, 2.45) is 5.92 Å². The summed E-state index contributed by atoms with van der Waals surface area (Å²) in [4.78, 5) is 23.9. The normalized spacial score (nSPS) is 11.7. The lowest BCUT2D eigenvalue weighted by Gasteiger charge is -2.10. The Balaban J connectivity index is 1.83. The molecule has 168 valence electrons. The number of rotatable bonds is 13. The Morgan fingerprint density at radius 3 is 1.84 bits per heavy atom. The summed E-state index contributed by atoms with van der Waals surface area (Å²) in [5.41, 5.74) is 1.98. The highest BCUT2D eigenvalue weighted by Crippen LogP contribution is 2.25. The Hall–Kier alpha value is -2.33. The summed E-state index contributed by atoms with van der Waals surface area (Å²) in [6.07, 6.45) is 7.12. The lowest BCUT2D eigenvalue weighted by atomic mass is 10.1. The van der Waals surface area contributed by atoms with Gasteiger partial charge < -0.3 is 9.47 Å². The van der Waals surface area contributed by atoms with E-state index in [0.717, 1.165) is 30.4 Å². The molecule has 0 aliphatic heterocycles. The number of benzene rings is 2. The number of alkyl halides is 1. The van der Waals surface area contributed by atoms with E-state index in [9.17, 15) is 9.59 Å². The van der Waals surface area contributed by atoms with Crippen molar-refractivity contribution in [3.8, 4) is 22.6 Å². The molecule has 2 aromatic rings. The molecule has 0 bridgehead atoms. The zero-order chi connectivity index (χ0) is 22.5. The molecule has 0 aliphatic rings. The molecule has 4 nitrogen and oxygen atoms in total. The van der Waals surface area contributed by atoms with Crippen LogP contribution in [-0.2, 0) is 9.59 Å². The zero-order valence-electron chi connectivity index (χ0n) is 18.6. The van der Waals surface area contributed by atoms with Gasteiger partial charge in [-0.25, -0.2) is 0 Å². The van der Waals surface area contributed by atoms with E-state index in [1.165, 1.54) is 19.3 Å². The fraction of sp³-hybridized carbons (Fsp3) is 0.462. The molecule has 1 unspecified atom stereocenters. The summed E-state index contributed by atoms with van der Waals surface area (Å²) in [5, 5.41) is 0. The van der Waals surface area contributed by atoms with Crippen LogP contribution in [-0.4, -0.2) is 17.8 Å². The van der Waals surface area contributed by atoms with Crippen LogP contribution >= 0.6 is 11.6 Å². The van der Waals surface area contributed by atoms with Crippen molar-refractivity contribution in [3.05, 3.63) is 48.5 Å². The maximum atomic E-state index is 12.0. The maximum absolute atomic E-state index is 12.0. The molecule has 31 heavy (non-hydrogen) atoms. The molecule has 0 radical (unpaired) electrons. The minimum absolute atomic E-state index is 0.184. The summed E-state index contributed by atoms with van der Waals surface area (Å²) in [7, 11) is 0. The number of carbonyl (C=O) groups excluding carboxylic acids is 2. The fourth-order valence-corrected chi connectivity index (χ4v) is 3.60. The lowest BCUT2D eigenvalue weighted by molar-refractivity contribution is -0.135. The summed E-state index contributed by atoms with van der Waals surface area (Å²) in [5.74, 6) is 1.39. The number of carbonyl (C=O) groups is 2. The van der Waals surface area contributed by atoms with Gasteiger partial charge in [0.05, 0.1) is 0 Å². The van der Waals surface area contributed by atoms with Crippen LogP contribution in [0.3, 0.4) is 0 Å². The van der Waals surface area contributed by atoms with Crippen LogP contribution in [0.15, 0.2) is 48.5 Å². The molecule has 0 saturated heterocycles. The van der Waals surface area contributed by atoms with Crippen LogP contribution in [0, 0.1) is 5.92 Å². The number of hydrogen-bond acceptors (Lipinski definition) is 4. The van der Waals surface area contributed by atoms with E-state index in [0.29, 0.717) is 30.2 Å². The molecule has 0 amide bonds. The third kappa shape index (κ3) is 9.56. The summed E-state index contributed by atoms with van der Waals surface area (Å²) < 4.78 is 10.8. The van der Waals surface area contributed by atoms with E-state index in [-0.39, 0.29) is 17.9 Å². The van der Waals surface area contributed by atoms with Gasteiger partial charge in [0.15, 0.2) is 0 Å². The number of esters is 2. The molecule has 0 fully saturated rings. The van der Waals surface area contributed by atoms with Crippen LogP contribution in [0.25, 0.3) is 11.1 Å². The first-order chi connectivity index (χ1) is 15.0. The number of ether oxygens (including phenoxy) is 2. The fourth-order valence-electron chi connectivity index (χ4n) is 3.23. The van der Waals surface area contributed by atoms with Crippen LogP contribution in [0.1, 0.15) is 65.2 Å². The van der Waals surface area contributed by atoms with Gasteiger partial charge in [0.25, 0.3) is 0 Å². The van der Waals surface area contributed by atoms with Crippen LogP contribution in [0.5, 0.6) is 11.5 Å². The first-order valence-corrected chi connectivity index (χ1v) is 11.7. The average molecular weight is 445 g/mol. The minimum Gasteiger partial charge on any atom is -0.427 e. The van der Waals surface area contributed by atoms with Gasteiger partial charge in [-0.1, -0.05) is 63.8 Å². The summed E-state index contributed by atoms with van der Waals surface area (Å²) in [6, 6.07) is 14.8. The first-order valence-electron chi connectivity index (χ1n) is 11.2. The van der Waals surface area contributed by atoms with E-state index in [1.54, 1.807) is 24.3 Å². The standard InChI is InChI=1S/C26H33ClO4/c1-3-4-5-6-7-8-25(28)30-23-13-9-21(10-14-23)22-11-15-24(16-12-22)31-26(29)19-20(2)17-18-27/h9-16,20H,3-8,17-19H2,1-2H3. The Bertz CT molecular complexity index is 799. The van der Waals surface area contributed by atoms with E-state index in [2.05, 4.69) is 6.92 Å². The molecule has 0 heterocycles. The van der Waals surface area contributed by atoms with Gasteiger partial charge in [-0.05, 0) is 54.2 Å². The second-order valence-corrected chi connectivity index (χ2v) is 8.33. The molecule has 0 aromatic heterocycles. The van der Waals surface area contributed by atoms with E-state index in [4.69, 9.17) is 21.1 Å². The maximum Gasteiger partial charge on any atom is 0.311 e. The van der Waals surface area contributed by atoms with Gasteiger partial charge in [-0.3, -0.25) is 9.59 Å². The molecule has 2 rings (SSSR count). The molecule has 0 N–H and O–H groups in total. The largest absolute Gasteiger partial charge is 0.427 e. The molecule has 0 saturated carbocycles. The Morgan fingerprint density at radius 1 is 0.806 bits per heavy atom. The van der Waals surface area contributed by atoms with Gasteiger partial charge in [0.2, 0.25) is 0 Å². The predicted molar refractivity (Wildman–Crippen MR) is 126 cm³/mol. The quantitative estimate of drug-likeness (QED) is 0.142. The first kappa shape index (κ1) is 24.9. The van der Waals surface area contributed by atoms with E-state index in [1.807, 2.05) is 31.2 Å². The molecule has 0 aliphatic carbocycles. The molecular formula is C26H33ClO4. The highest BCUT2D eigenvalue weighted by molar-refractivity contribution is 6.17. The monoisotopic (exact) mass is 444 g/mol. The minimum atomic E-state index is -0.248. The smallest absolute Gasteiger partial charge is 0.311 e. The van der Waals surface area contributed by atoms with Gasteiger partial charge in [-0.15, -0.1) is 11.6 Å². The molecular weight excluding hydrogens is 412 g/mol. The van der Waals surface area contributed by atoms with Gasteiger partial charge in [0, 0.05) is 18.7 Å². The third-order valence-corrected chi connectivity index (χ3v) is 5.33. The van der Waals surface area contributed by atoms with E-state index >= 15 is 0 Å². The number of hydrogen-bond donors (Lipinski definition) is 0. The van der Waals surface area contributed by atoms with Gasteiger partial charge in [-0.2, -0.15) is 0 Å². The lowest BCUT2D eigenvalue weighted by Crippen LogP contribution is -2.12. The highest BCUT2D eigenvalue weighted by Gasteiger charge is 2.11. The summed E-state index contributed by atoms with van der Waals surface area (Å²) >= 11 is 5.71. The molecule has 5 heteroatoms. The zero-order valence-corrected chi connectivity index (χ0v) is 19.3. The van der Waals surface area contributed by atoms with Crippen molar-refractivity contribution < 1.29 is 19.1 Å². The second-order valence-electron chi connectivity index (χ2n) is 7.95. The number of halogens is 1. The Morgan fingerprint density at radius 2 is 1.32 bits per heavy atom. The molecule has 1 atom stereocenters. The predicted octanol–water partition coefficient (Wildman–Crippen LogP) is 7.18. The van der Waals surface area contributed by atoms with Gasteiger partial charge in [0.1, 0.15) is 11.5 Å². The van der Waals surface area contributed by atoms with Crippen molar-refractivity contribution >= 4 is 23.5 Å². The van der Waals surface area contributed by atoms with Crippen molar-refractivity contribution in [1.82, 2.24) is 0 Å². The van der Waals surface area contributed by atoms with Crippen molar-refractivity contribution in [3.63, 3.8) is 0 Å². The molecule has 0 spiro atoms. The SMILES string of the molecule is CCCCCCCC(=O)Oc1ccc(-c2ccc(OC(=O)CC(C)CCCl)cc2)cc1. The molecule has 2 aromatic carbocycles. The average Bonchev–Trinajstić information content (AvgIpc) is 2.75. The van der Waals surface area contributed by atoms with Crippen molar-refractivity contribution in [2.45, 2.75) is 65.2 Å². The summed E-state index contributed by atoms with van der Waals surface area (Å²) in [6.45, 7) is 4.16. The van der Waals surface area contributed by atoms with Crippen molar-refractivity contribution in [1.29, 1.82) is 0 Å². The Labute approximate surface area is 190 Å². The topological polar surface area (TPSA) is 52.6 Å². The highest BCUT2D eigenvalue weighted by atomic mass is 35.5. The van der Waals surface area contributed by atoms with Crippen LogP contribution in [0.4, 0.5) is 0 Å². The number of unbranched alkanes of at least 4 members (excludes halogenated alkanes) is 4.